The molecule has 1 aliphatic rings. The molecule has 4 atom stereocenters. The molecular formula is C27H38N4O6S3. The topological polar surface area (TPSA) is 139 Å². The number of carbonyl (C=O) groups excluding carboxylic acids is 3. The van der Waals surface area contributed by atoms with Gasteiger partial charge in [0.15, 0.2) is 6.10 Å². The Labute approximate surface area is 247 Å². The molecule has 0 saturated carbocycles. The van der Waals surface area contributed by atoms with Crippen molar-refractivity contribution in [3.63, 3.8) is 0 Å². The number of nitrogens with one attached hydrogen (secondary N) is 1. The van der Waals surface area contributed by atoms with E-state index in [1.807, 2.05) is 31.0 Å². The molecule has 0 aromatic carbocycles. The Bertz CT molecular complexity index is 1150. The summed E-state index contributed by atoms with van der Waals surface area (Å²) >= 11 is 4.50. The molecule has 0 radical (unpaired) electrons. The first-order valence-electron chi connectivity index (χ1n) is 13.3. The van der Waals surface area contributed by atoms with Crippen molar-refractivity contribution < 1.29 is 29.0 Å². The third kappa shape index (κ3) is 9.27. The summed E-state index contributed by atoms with van der Waals surface area (Å²) in [4.78, 5) is 60.1. The van der Waals surface area contributed by atoms with Crippen molar-refractivity contribution in [2.45, 2.75) is 71.6 Å². The van der Waals surface area contributed by atoms with E-state index in [1.165, 1.54) is 29.6 Å². The lowest BCUT2D eigenvalue weighted by molar-refractivity contribution is -0.148. The normalized spacial score (nSPS) is 16.4. The average molecular weight is 611 g/mol. The summed E-state index contributed by atoms with van der Waals surface area (Å²) in [6.07, 6.45) is 2.46. The lowest BCUT2D eigenvalue weighted by Gasteiger charge is -2.35. The van der Waals surface area contributed by atoms with Gasteiger partial charge in [-0.1, -0.05) is 20.8 Å². The molecule has 2 aromatic rings. The monoisotopic (exact) mass is 610 g/mol. The lowest BCUT2D eigenvalue weighted by atomic mass is 9.95. The van der Waals surface area contributed by atoms with Crippen LogP contribution >= 0.6 is 34.4 Å². The van der Waals surface area contributed by atoms with Crippen LogP contribution in [0, 0.1) is 17.8 Å². The number of carboxylic acids is 1. The largest absolute Gasteiger partial charge is 0.481 e. The zero-order chi connectivity index (χ0) is 29.4. The molecule has 2 N–H and O–H groups in total. The number of nitrogens with zero attached hydrogens (tertiary/aromatic N) is 3. The number of esters is 1. The van der Waals surface area contributed by atoms with E-state index in [0.717, 1.165) is 16.5 Å². The number of hydrogen-bond donors (Lipinski definition) is 2. The number of carboxylic acid groups (broad SMARTS) is 1. The minimum absolute atomic E-state index is 0.0756. The fraction of sp³-hybridized carbons (Fsp3) is 0.630. The van der Waals surface area contributed by atoms with E-state index in [2.05, 4.69) is 15.3 Å². The predicted molar refractivity (Wildman–Crippen MR) is 157 cm³/mol. The van der Waals surface area contributed by atoms with Crippen molar-refractivity contribution in [2.75, 3.05) is 18.6 Å². The summed E-state index contributed by atoms with van der Waals surface area (Å²) in [5.74, 6) is 0.107. The lowest BCUT2D eigenvalue weighted by Crippen LogP contribution is -2.43. The fourth-order valence-corrected chi connectivity index (χ4v) is 6.90. The van der Waals surface area contributed by atoms with E-state index < -0.39 is 35.9 Å². The molecule has 0 bridgehead atoms. The van der Waals surface area contributed by atoms with Gasteiger partial charge in [0.25, 0.3) is 5.91 Å². The second-order valence-corrected chi connectivity index (χ2v) is 13.5. The summed E-state index contributed by atoms with van der Waals surface area (Å²) in [7, 11) is 1.80. The highest BCUT2D eigenvalue weighted by molar-refractivity contribution is 8.00. The first-order chi connectivity index (χ1) is 18.9. The molecular weight excluding hydrogens is 573 g/mol. The number of carbonyl (C=O) groups is 4. The van der Waals surface area contributed by atoms with E-state index >= 15 is 0 Å². The number of thiazole rings is 2. The molecule has 1 fully saturated rings. The van der Waals surface area contributed by atoms with Crippen molar-refractivity contribution in [2.24, 2.45) is 17.8 Å². The van der Waals surface area contributed by atoms with Crippen molar-refractivity contribution in [1.29, 1.82) is 0 Å². The number of aromatic nitrogens is 2. The number of aliphatic carboxylic acids is 1. The van der Waals surface area contributed by atoms with Crippen LogP contribution in [0.4, 0.5) is 0 Å². The van der Waals surface area contributed by atoms with Crippen LogP contribution in [0.25, 0.3) is 0 Å². The second-order valence-electron chi connectivity index (χ2n) is 10.6. The van der Waals surface area contributed by atoms with Crippen LogP contribution in [0.15, 0.2) is 17.0 Å². The van der Waals surface area contributed by atoms with E-state index in [4.69, 9.17) is 4.74 Å². The molecule has 40 heavy (non-hydrogen) atoms. The fourth-order valence-electron chi connectivity index (χ4n) is 4.56. The van der Waals surface area contributed by atoms with Gasteiger partial charge in [-0.15, -0.1) is 22.7 Å². The van der Waals surface area contributed by atoms with Crippen LogP contribution < -0.4 is 5.32 Å². The molecule has 2 amide bonds. The highest BCUT2D eigenvalue weighted by atomic mass is 32.2. The quantitative estimate of drug-likeness (QED) is 0.283. The summed E-state index contributed by atoms with van der Waals surface area (Å²) in [6.45, 7) is 6.99. The second kappa shape index (κ2) is 14.9. The molecule has 1 aliphatic heterocycles. The van der Waals surface area contributed by atoms with Gasteiger partial charge in [0.1, 0.15) is 10.7 Å². The molecule has 220 valence electrons. The molecule has 2 aromatic heterocycles. The van der Waals surface area contributed by atoms with Crippen molar-refractivity contribution in [1.82, 2.24) is 20.2 Å². The Kier molecular flexibility index (Phi) is 11.9. The summed E-state index contributed by atoms with van der Waals surface area (Å²) < 4.78 is 5.65. The SMILES string of the molecule is CC(=O)OC(CC(C(C)C)N(C)C(=O)CC1CSC1)c1nc(C(=O)NC(Cc2nccs2)C[C@H](C)C(=O)O)cs1. The van der Waals surface area contributed by atoms with Crippen LogP contribution in [0.2, 0.25) is 0 Å². The highest BCUT2D eigenvalue weighted by Crippen LogP contribution is 2.32. The molecule has 10 nitrogen and oxygen atoms in total. The van der Waals surface area contributed by atoms with Gasteiger partial charge in [-0.2, -0.15) is 11.8 Å². The van der Waals surface area contributed by atoms with Crippen LogP contribution in [0.3, 0.4) is 0 Å². The van der Waals surface area contributed by atoms with E-state index in [0.29, 0.717) is 30.2 Å². The van der Waals surface area contributed by atoms with Gasteiger partial charge >= 0.3 is 11.9 Å². The Morgan fingerprint density at radius 3 is 2.45 bits per heavy atom. The molecule has 13 heteroatoms. The smallest absolute Gasteiger partial charge is 0.306 e. The van der Waals surface area contributed by atoms with Crippen molar-refractivity contribution in [3.8, 4) is 0 Å². The summed E-state index contributed by atoms with van der Waals surface area (Å²) in [5, 5.41) is 17.0. The van der Waals surface area contributed by atoms with Gasteiger partial charge in [0.05, 0.1) is 10.9 Å². The molecule has 0 spiro atoms. The van der Waals surface area contributed by atoms with E-state index in [-0.39, 0.29) is 30.0 Å². The average Bonchev–Trinajstić information content (AvgIpc) is 3.55. The minimum atomic E-state index is -0.937. The third-order valence-corrected chi connectivity index (χ3v) is 10.1. The van der Waals surface area contributed by atoms with Crippen LogP contribution in [-0.4, -0.2) is 74.4 Å². The molecule has 0 aliphatic carbocycles. The minimum Gasteiger partial charge on any atom is -0.481 e. The van der Waals surface area contributed by atoms with Crippen LogP contribution in [0.5, 0.6) is 0 Å². The zero-order valence-electron chi connectivity index (χ0n) is 23.5. The molecule has 1 saturated heterocycles. The third-order valence-electron chi connectivity index (χ3n) is 6.92. The first-order valence-corrected chi connectivity index (χ1v) is 16.2. The Morgan fingerprint density at radius 1 is 1.18 bits per heavy atom. The van der Waals surface area contributed by atoms with Crippen molar-refractivity contribution in [3.05, 3.63) is 32.7 Å². The van der Waals surface area contributed by atoms with E-state index in [1.54, 1.807) is 30.4 Å². The van der Waals surface area contributed by atoms with Gasteiger partial charge < -0.3 is 20.1 Å². The summed E-state index contributed by atoms with van der Waals surface area (Å²) in [5.41, 5.74) is 0.164. The van der Waals surface area contributed by atoms with Gasteiger partial charge in [-0.05, 0) is 29.8 Å². The van der Waals surface area contributed by atoms with Gasteiger partial charge in [-0.25, -0.2) is 9.97 Å². The molecule has 3 unspecified atom stereocenters. The predicted octanol–water partition coefficient (Wildman–Crippen LogP) is 4.28. The number of amides is 2. The van der Waals surface area contributed by atoms with E-state index in [9.17, 15) is 24.3 Å². The first kappa shape index (κ1) is 32.0. The number of ether oxygens (including phenoxy) is 1. The maximum atomic E-state index is 13.2. The highest BCUT2D eigenvalue weighted by Gasteiger charge is 2.32. The molecule has 3 rings (SSSR count). The Hall–Kier alpha value is -2.51. The van der Waals surface area contributed by atoms with Gasteiger partial charge in [0, 0.05) is 62.3 Å². The van der Waals surface area contributed by atoms with Crippen LogP contribution in [-0.2, 0) is 25.5 Å². The number of thioether (sulfide) groups is 1. The van der Waals surface area contributed by atoms with Crippen LogP contribution in [0.1, 0.15) is 73.6 Å². The number of hydrogen-bond acceptors (Lipinski definition) is 10. The Morgan fingerprint density at radius 2 is 1.90 bits per heavy atom. The zero-order valence-corrected chi connectivity index (χ0v) is 25.9. The maximum Gasteiger partial charge on any atom is 0.306 e. The Balaban J connectivity index is 1.73. The standard InChI is InChI=1S/C27H38N4O6S3/c1-15(2)21(31(5)24(33)9-18-12-38-13-18)11-22(37-17(4)32)26-30-20(14-40-26)25(34)29-19(8-16(3)27(35)36)10-23-28-6-7-39-23/h6-7,14-16,18-19,21-22H,8-13H2,1-5H3,(H,29,34)(H,35,36)/t16-,19?,21?,22?/m0/s1. The summed E-state index contributed by atoms with van der Waals surface area (Å²) in [6, 6.07) is -0.635. The maximum absolute atomic E-state index is 13.2. The number of rotatable bonds is 15. The van der Waals surface area contributed by atoms with Crippen molar-refractivity contribution >= 4 is 58.2 Å². The molecule has 3 heterocycles. The van der Waals surface area contributed by atoms with Gasteiger partial charge in [0.2, 0.25) is 5.91 Å². The van der Waals surface area contributed by atoms with Gasteiger partial charge in [-0.3, -0.25) is 19.2 Å².